The number of halogens is 3. The van der Waals surface area contributed by atoms with Gasteiger partial charge in [0.05, 0.1) is 17.8 Å². The maximum absolute atomic E-state index is 12.5. The van der Waals surface area contributed by atoms with Gasteiger partial charge in [0, 0.05) is 16.8 Å². The third kappa shape index (κ3) is 4.38. The number of rotatable bonds is 5. The molecule has 0 aliphatic heterocycles. The van der Waals surface area contributed by atoms with Crippen molar-refractivity contribution in [3.63, 3.8) is 0 Å². The Morgan fingerprint density at radius 1 is 0.958 bits per heavy atom. The van der Waals surface area contributed by atoms with Crippen molar-refractivity contribution >= 4 is 11.8 Å². The SMILES string of the molecule is FC(F)(F)c1ccc(Cn2cc(CSc3ccccc3)nn2)cc1. The summed E-state index contributed by atoms with van der Waals surface area (Å²) in [5, 5.41) is 8.12. The van der Waals surface area contributed by atoms with Crippen molar-refractivity contribution in [2.75, 3.05) is 0 Å². The molecule has 1 aromatic heterocycles. The maximum atomic E-state index is 12.5. The standard InChI is InChI=1S/C17H14F3N3S/c18-17(19,20)14-8-6-13(7-9-14)10-23-11-15(21-22-23)12-24-16-4-2-1-3-5-16/h1-9,11H,10,12H2. The third-order valence-electron chi connectivity index (χ3n) is 3.34. The molecule has 0 fully saturated rings. The van der Waals surface area contributed by atoms with E-state index in [0.29, 0.717) is 12.3 Å². The molecule has 0 amide bonds. The van der Waals surface area contributed by atoms with E-state index in [4.69, 9.17) is 0 Å². The zero-order valence-electron chi connectivity index (χ0n) is 12.6. The molecule has 0 saturated carbocycles. The van der Waals surface area contributed by atoms with E-state index in [-0.39, 0.29) is 0 Å². The van der Waals surface area contributed by atoms with Gasteiger partial charge in [0.2, 0.25) is 0 Å². The second-order valence-corrected chi connectivity index (χ2v) is 6.25. The molecule has 0 unspecified atom stereocenters. The van der Waals surface area contributed by atoms with Crippen LogP contribution in [0.25, 0.3) is 0 Å². The summed E-state index contributed by atoms with van der Waals surface area (Å²) in [5.41, 5.74) is 0.927. The summed E-state index contributed by atoms with van der Waals surface area (Å²) in [4.78, 5) is 1.15. The van der Waals surface area contributed by atoms with E-state index >= 15 is 0 Å². The molecule has 0 aliphatic carbocycles. The summed E-state index contributed by atoms with van der Waals surface area (Å²) in [6, 6.07) is 15.1. The van der Waals surface area contributed by atoms with Crippen LogP contribution < -0.4 is 0 Å². The fourth-order valence-electron chi connectivity index (χ4n) is 2.14. The van der Waals surface area contributed by atoms with Crippen molar-refractivity contribution in [3.05, 3.63) is 77.6 Å². The van der Waals surface area contributed by atoms with E-state index in [1.807, 2.05) is 36.5 Å². The Bertz CT molecular complexity index is 783. The molecular formula is C17H14F3N3S. The largest absolute Gasteiger partial charge is 0.416 e. The highest BCUT2D eigenvalue weighted by molar-refractivity contribution is 7.98. The van der Waals surface area contributed by atoms with E-state index in [2.05, 4.69) is 10.3 Å². The number of nitrogens with zero attached hydrogens (tertiary/aromatic N) is 3. The molecule has 2 aromatic carbocycles. The molecular weight excluding hydrogens is 335 g/mol. The van der Waals surface area contributed by atoms with Gasteiger partial charge in [-0.25, -0.2) is 4.68 Å². The monoisotopic (exact) mass is 349 g/mol. The van der Waals surface area contributed by atoms with Crippen LogP contribution in [0, 0.1) is 0 Å². The molecule has 3 nitrogen and oxygen atoms in total. The highest BCUT2D eigenvalue weighted by Gasteiger charge is 2.29. The van der Waals surface area contributed by atoms with E-state index in [1.165, 1.54) is 12.1 Å². The van der Waals surface area contributed by atoms with Crippen molar-refractivity contribution < 1.29 is 13.2 Å². The molecule has 0 aliphatic rings. The quantitative estimate of drug-likeness (QED) is 0.629. The Morgan fingerprint density at radius 2 is 1.67 bits per heavy atom. The van der Waals surface area contributed by atoms with Crippen molar-refractivity contribution in [1.29, 1.82) is 0 Å². The summed E-state index contributed by atoms with van der Waals surface area (Å²) in [6.07, 6.45) is -2.50. The van der Waals surface area contributed by atoms with Gasteiger partial charge < -0.3 is 0 Å². The molecule has 0 atom stereocenters. The predicted octanol–water partition coefficient (Wildman–Crippen LogP) is 4.64. The van der Waals surface area contributed by atoms with Crippen LogP contribution in [0.1, 0.15) is 16.8 Å². The van der Waals surface area contributed by atoms with Crippen LogP contribution in [-0.4, -0.2) is 15.0 Å². The Balaban J connectivity index is 1.59. The van der Waals surface area contributed by atoms with Gasteiger partial charge in [-0.1, -0.05) is 35.5 Å². The van der Waals surface area contributed by atoms with Gasteiger partial charge in [-0.2, -0.15) is 13.2 Å². The molecule has 0 N–H and O–H groups in total. The zero-order valence-corrected chi connectivity index (χ0v) is 13.4. The molecule has 0 bridgehead atoms. The van der Waals surface area contributed by atoms with Crippen LogP contribution in [0.15, 0.2) is 65.7 Å². The van der Waals surface area contributed by atoms with Gasteiger partial charge in [0.15, 0.2) is 0 Å². The fourth-order valence-corrected chi connectivity index (χ4v) is 2.94. The van der Waals surface area contributed by atoms with Gasteiger partial charge in [-0.3, -0.25) is 0 Å². The Morgan fingerprint density at radius 3 is 2.33 bits per heavy atom. The van der Waals surface area contributed by atoms with Gasteiger partial charge >= 0.3 is 6.18 Å². The number of thioether (sulfide) groups is 1. The molecule has 1 heterocycles. The van der Waals surface area contributed by atoms with Crippen LogP contribution in [0.2, 0.25) is 0 Å². The summed E-state index contributed by atoms with van der Waals surface area (Å²) >= 11 is 1.66. The topological polar surface area (TPSA) is 30.7 Å². The molecule has 3 rings (SSSR count). The molecule has 7 heteroatoms. The smallest absolute Gasteiger partial charge is 0.248 e. The first-order valence-corrected chi connectivity index (χ1v) is 8.22. The van der Waals surface area contributed by atoms with E-state index in [1.54, 1.807) is 16.4 Å². The van der Waals surface area contributed by atoms with Gasteiger partial charge in [0.1, 0.15) is 0 Å². The van der Waals surface area contributed by atoms with Crippen LogP contribution >= 0.6 is 11.8 Å². The minimum Gasteiger partial charge on any atom is -0.248 e. The molecule has 0 spiro atoms. The van der Waals surface area contributed by atoms with Gasteiger partial charge in [0.25, 0.3) is 0 Å². The molecule has 0 saturated heterocycles. The van der Waals surface area contributed by atoms with E-state index < -0.39 is 11.7 Å². The van der Waals surface area contributed by atoms with Crippen molar-refractivity contribution in [3.8, 4) is 0 Å². The lowest BCUT2D eigenvalue weighted by Crippen LogP contribution is -2.05. The van der Waals surface area contributed by atoms with Crippen LogP contribution in [0.3, 0.4) is 0 Å². The lowest BCUT2D eigenvalue weighted by atomic mass is 10.1. The maximum Gasteiger partial charge on any atom is 0.416 e. The second-order valence-electron chi connectivity index (χ2n) is 5.20. The Kier molecular flexibility index (Phi) is 4.89. The number of benzene rings is 2. The first kappa shape index (κ1) is 16.6. The average Bonchev–Trinajstić information content (AvgIpc) is 3.01. The lowest BCUT2D eigenvalue weighted by molar-refractivity contribution is -0.137. The van der Waals surface area contributed by atoms with Crippen LogP contribution in [0.4, 0.5) is 13.2 Å². The zero-order chi connectivity index (χ0) is 17.0. The number of alkyl halides is 3. The summed E-state index contributed by atoms with van der Waals surface area (Å²) in [7, 11) is 0. The highest BCUT2D eigenvalue weighted by Crippen LogP contribution is 2.29. The molecule has 124 valence electrons. The van der Waals surface area contributed by atoms with Crippen LogP contribution in [0.5, 0.6) is 0 Å². The Hall–Kier alpha value is -2.28. The highest BCUT2D eigenvalue weighted by atomic mass is 32.2. The van der Waals surface area contributed by atoms with Crippen LogP contribution in [-0.2, 0) is 18.5 Å². The minimum atomic E-state index is -4.31. The third-order valence-corrected chi connectivity index (χ3v) is 4.39. The normalized spacial score (nSPS) is 11.6. The van der Waals surface area contributed by atoms with Crippen molar-refractivity contribution in [2.24, 2.45) is 0 Å². The molecule has 24 heavy (non-hydrogen) atoms. The van der Waals surface area contributed by atoms with Gasteiger partial charge in [-0.15, -0.1) is 16.9 Å². The van der Waals surface area contributed by atoms with Crippen molar-refractivity contribution in [2.45, 2.75) is 23.4 Å². The summed E-state index contributed by atoms with van der Waals surface area (Å²) in [5.74, 6) is 0.691. The average molecular weight is 349 g/mol. The number of hydrogen-bond acceptors (Lipinski definition) is 3. The van der Waals surface area contributed by atoms with E-state index in [0.717, 1.165) is 28.3 Å². The van der Waals surface area contributed by atoms with E-state index in [9.17, 15) is 13.2 Å². The van der Waals surface area contributed by atoms with Crippen molar-refractivity contribution in [1.82, 2.24) is 15.0 Å². The number of hydrogen-bond donors (Lipinski definition) is 0. The second kappa shape index (κ2) is 7.09. The minimum absolute atomic E-state index is 0.390. The lowest BCUT2D eigenvalue weighted by Gasteiger charge is -2.07. The molecule has 0 radical (unpaired) electrons. The summed E-state index contributed by atoms with van der Waals surface area (Å²) < 4.78 is 39.3. The molecule has 3 aromatic rings. The first-order chi connectivity index (χ1) is 11.5. The predicted molar refractivity (Wildman–Crippen MR) is 86.6 cm³/mol. The van der Waals surface area contributed by atoms with Gasteiger partial charge in [-0.05, 0) is 29.8 Å². The fraction of sp³-hybridized carbons (Fsp3) is 0.176. The number of aromatic nitrogens is 3. The summed E-state index contributed by atoms with van der Waals surface area (Å²) in [6.45, 7) is 0.390. The Labute approximate surface area is 141 Å². The first-order valence-electron chi connectivity index (χ1n) is 7.24.